The van der Waals surface area contributed by atoms with Crippen molar-refractivity contribution >= 4 is 5.91 Å². The van der Waals surface area contributed by atoms with Gasteiger partial charge in [0, 0.05) is 6.42 Å². The van der Waals surface area contributed by atoms with Gasteiger partial charge < -0.3 is 15.5 Å². The van der Waals surface area contributed by atoms with Crippen LogP contribution in [0.5, 0.6) is 0 Å². The number of carbonyl (C=O) groups excluding carboxylic acids is 1. The molecule has 70 heavy (non-hydrogen) atoms. The second-order valence-corrected chi connectivity index (χ2v) is 20.4. The maximum Gasteiger partial charge on any atom is 0.220 e. The zero-order valence-electron chi connectivity index (χ0n) is 46.5. The summed E-state index contributed by atoms with van der Waals surface area (Å²) in [4.78, 5) is 12.5. The third-order valence-electron chi connectivity index (χ3n) is 13.6. The van der Waals surface area contributed by atoms with Gasteiger partial charge in [-0.25, -0.2) is 0 Å². The number of aliphatic hydroxyl groups excluding tert-OH is 2. The highest BCUT2D eigenvalue weighted by atomic mass is 16.3. The first-order chi connectivity index (χ1) is 34.7. The van der Waals surface area contributed by atoms with Crippen molar-refractivity contribution in [3.8, 4) is 0 Å². The second-order valence-electron chi connectivity index (χ2n) is 20.4. The maximum atomic E-state index is 12.5. The van der Waals surface area contributed by atoms with Crippen molar-refractivity contribution in [3.63, 3.8) is 0 Å². The van der Waals surface area contributed by atoms with E-state index in [1.165, 1.54) is 205 Å². The van der Waals surface area contributed by atoms with Crippen LogP contribution in [0, 0.1) is 0 Å². The van der Waals surface area contributed by atoms with Crippen LogP contribution in [-0.4, -0.2) is 34.9 Å². The molecule has 0 heterocycles. The average Bonchev–Trinajstić information content (AvgIpc) is 3.36. The summed E-state index contributed by atoms with van der Waals surface area (Å²) in [5.41, 5.74) is 0. The van der Waals surface area contributed by atoms with Crippen LogP contribution in [0.4, 0.5) is 0 Å². The Morgan fingerprint density at radius 2 is 0.629 bits per heavy atom. The van der Waals surface area contributed by atoms with E-state index in [4.69, 9.17) is 0 Å². The molecule has 0 aromatic rings. The van der Waals surface area contributed by atoms with Gasteiger partial charge >= 0.3 is 0 Å². The molecule has 2 unspecified atom stereocenters. The SMILES string of the molecule is CC/C=C\C/C=C\C/C=C\C/C=C\C/C=C\C/C=C\C/C=C\CCCCCCCCCCCCCCCCCCCC(=O)NC(CO)C(O)/C=C/CCCCCCCCCCCCCCCCCCC. The van der Waals surface area contributed by atoms with Crippen LogP contribution in [0.15, 0.2) is 97.2 Å². The van der Waals surface area contributed by atoms with Crippen molar-refractivity contribution in [1.82, 2.24) is 5.32 Å². The molecular weight excluding hydrogens is 855 g/mol. The van der Waals surface area contributed by atoms with E-state index in [-0.39, 0.29) is 12.5 Å². The number of hydrogen-bond acceptors (Lipinski definition) is 3. The number of carbonyl (C=O) groups is 1. The minimum absolute atomic E-state index is 0.0630. The van der Waals surface area contributed by atoms with E-state index in [0.717, 1.165) is 70.6 Å². The standard InChI is InChI=1S/C66H117NO3/c1-3-5-7-9-11-13-15-17-19-21-23-24-25-26-27-28-29-30-31-32-33-34-35-36-37-38-39-40-41-42-44-46-48-50-52-54-56-58-60-62-66(70)67-64(63-68)65(69)61-59-57-55-53-51-49-47-45-43-22-20-18-16-14-12-10-8-6-4-2/h5,7,11,13,17,19,23-24,26-27,29-30,32-33,59,61,64-65,68-69H,3-4,6,8-10,12,14-16,18,20-22,25,28,31,34-58,60,62-63H2,1-2H3,(H,67,70)/b7-5-,13-11-,19-17-,24-23-,27-26-,30-29-,33-32-,61-59+. The molecule has 0 aromatic carbocycles. The Morgan fingerprint density at radius 3 is 0.943 bits per heavy atom. The molecule has 2 atom stereocenters. The van der Waals surface area contributed by atoms with Gasteiger partial charge in [0.05, 0.1) is 18.8 Å². The molecule has 3 N–H and O–H groups in total. The summed E-state index contributed by atoms with van der Waals surface area (Å²) in [5.74, 6) is -0.0630. The normalized spacial score (nSPS) is 13.5. The lowest BCUT2D eigenvalue weighted by atomic mass is 10.0. The largest absolute Gasteiger partial charge is 0.394 e. The van der Waals surface area contributed by atoms with E-state index in [1.807, 2.05) is 6.08 Å². The lowest BCUT2D eigenvalue weighted by molar-refractivity contribution is -0.123. The molecular formula is C66H117NO3. The molecule has 0 spiro atoms. The summed E-state index contributed by atoms with van der Waals surface area (Å²) in [6.45, 7) is 4.21. The quantitative estimate of drug-likeness (QED) is 0.0420. The van der Waals surface area contributed by atoms with Gasteiger partial charge in [0.15, 0.2) is 0 Å². The smallest absolute Gasteiger partial charge is 0.220 e. The van der Waals surface area contributed by atoms with Gasteiger partial charge in [-0.15, -0.1) is 0 Å². The van der Waals surface area contributed by atoms with E-state index in [2.05, 4.69) is 104 Å². The van der Waals surface area contributed by atoms with Crippen molar-refractivity contribution < 1.29 is 15.0 Å². The molecule has 0 fully saturated rings. The first kappa shape index (κ1) is 67.3. The zero-order chi connectivity index (χ0) is 50.6. The van der Waals surface area contributed by atoms with Crippen LogP contribution in [0.2, 0.25) is 0 Å². The molecule has 0 saturated carbocycles. The molecule has 0 saturated heterocycles. The van der Waals surface area contributed by atoms with Crippen molar-refractivity contribution in [2.45, 2.75) is 309 Å². The summed E-state index contributed by atoms with van der Waals surface area (Å²) < 4.78 is 0. The fraction of sp³-hybridized carbons (Fsp3) is 0.742. The highest BCUT2D eigenvalue weighted by Crippen LogP contribution is 2.17. The summed E-state index contributed by atoms with van der Waals surface area (Å²) >= 11 is 0. The van der Waals surface area contributed by atoms with E-state index >= 15 is 0 Å². The highest BCUT2D eigenvalue weighted by molar-refractivity contribution is 5.76. The van der Waals surface area contributed by atoms with Gasteiger partial charge in [-0.2, -0.15) is 0 Å². The molecule has 0 aromatic heterocycles. The minimum atomic E-state index is -0.843. The van der Waals surface area contributed by atoms with Crippen LogP contribution in [0.1, 0.15) is 296 Å². The monoisotopic (exact) mass is 972 g/mol. The third kappa shape index (κ3) is 56.2. The van der Waals surface area contributed by atoms with Gasteiger partial charge in [0.25, 0.3) is 0 Å². The van der Waals surface area contributed by atoms with Crippen molar-refractivity contribution in [1.29, 1.82) is 0 Å². The molecule has 4 heteroatoms. The molecule has 0 aliphatic rings. The summed E-state index contributed by atoms with van der Waals surface area (Å²) in [7, 11) is 0. The number of rotatable bonds is 55. The number of hydrogen-bond donors (Lipinski definition) is 3. The first-order valence-electron chi connectivity index (χ1n) is 30.5. The fourth-order valence-corrected chi connectivity index (χ4v) is 8.98. The van der Waals surface area contributed by atoms with Crippen LogP contribution >= 0.6 is 0 Å². The number of allylic oxidation sites excluding steroid dienone is 15. The molecule has 4 nitrogen and oxygen atoms in total. The fourth-order valence-electron chi connectivity index (χ4n) is 8.98. The van der Waals surface area contributed by atoms with Crippen molar-refractivity contribution in [2.75, 3.05) is 6.61 Å². The predicted molar refractivity (Wildman–Crippen MR) is 313 cm³/mol. The van der Waals surface area contributed by atoms with Crippen molar-refractivity contribution in [3.05, 3.63) is 97.2 Å². The van der Waals surface area contributed by atoms with E-state index in [9.17, 15) is 15.0 Å². The summed E-state index contributed by atoms with van der Waals surface area (Å²) in [6, 6.07) is -0.626. The van der Waals surface area contributed by atoms with E-state index in [1.54, 1.807) is 6.08 Å². The molecule has 404 valence electrons. The predicted octanol–water partition coefficient (Wildman–Crippen LogP) is 20.5. The number of aliphatic hydroxyl groups is 2. The van der Waals surface area contributed by atoms with Gasteiger partial charge in [-0.3, -0.25) is 4.79 Å². The topological polar surface area (TPSA) is 69.6 Å². The highest BCUT2D eigenvalue weighted by Gasteiger charge is 2.18. The lowest BCUT2D eigenvalue weighted by Crippen LogP contribution is -2.45. The molecule has 0 bridgehead atoms. The molecule has 0 rings (SSSR count). The number of amides is 1. The second kappa shape index (κ2) is 60.6. The van der Waals surface area contributed by atoms with Crippen LogP contribution in [-0.2, 0) is 4.79 Å². The van der Waals surface area contributed by atoms with E-state index in [0.29, 0.717) is 6.42 Å². The van der Waals surface area contributed by atoms with Gasteiger partial charge in [0.1, 0.15) is 0 Å². The minimum Gasteiger partial charge on any atom is -0.394 e. The Bertz CT molecular complexity index is 1290. The van der Waals surface area contributed by atoms with Gasteiger partial charge in [-0.05, 0) is 77.0 Å². The van der Waals surface area contributed by atoms with Crippen molar-refractivity contribution in [2.24, 2.45) is 0 Å². The Morgan fingerprint density at radius 1 is 0.357 bits per heavy atom. The third-order valence-corrected chi connectivity index (χ3v) is 13.6. The molecule has 0 radical (unpaired) electrons. The Balaban J connectivity index is 3.50. The molecule has 0 aliphatic carbocycles. The van der Waals surface area contributed by atoms with Crippen LogP contribution in [0.25, 0.3) is 0 Å². The lowest BCUT2D eigenvalue weighted by Gasteiger charge is -2.20. The summed E-state index contributed by atoms with van der Waals surface area (Å²) in [5, 5.41) is 23.2. The van der Waals surface area contributed by atoms with Gasteiger partial charge in [-0.1, -0.05) is 310 Å². The summed E-state index contributed by atoms with van der Waals surface area (Å²) in [6.07, 6.45) is 90.1. The van der Waals surface area contributed by atoms with Crippen LogP contribution < -0.4 is 5.32 Å². The number of unbranched alkanes of at least 4 members (excludes halogenated alkanes) is 34. The molecule has 1 amide bonds. The maximum absolute atomic E-state index is 12.5. The molecule has 0 aliphatic heterocycles. The Kier molecular flexibility index (Phi) is 58.3. The van der Waals surface area contributed by atoms with Gasteiger partial charge in [0.2, 0.25) is 5.91 Å². The average molecular weight is 973 g/mol. The van der Waals surface area contributed by atoms with E-state index < -0.39 is 12.1 Å². The Labute approximate surface area is 436 Å². The first-order valence-corrected chi connectivity index (χ1v) is 30.5. The zero-order valence-corrected chi connectivity index (χ0v) is 46.5. The Hall–Kier alpha value is -2.69. The van der Waals surface area contributed by atoms with Crippen LogP contribution in [0.3, 0.4) is 0 Å². The number of nitrogens with one attached hydrogen (secondary N) is 1.